The van der Waals surface area contributed by atoms with E-state index < -0.39 is 5.41 Å². The number of nitrogens with zero attached hydrogens (tertiary/aromatic N) is 1. The maximum atomic E-state index is 6.87. The number of ether oxygens (including phenoxy) is 1. The summed E-state index contributed by atoms with van der Waals surface area (Å²) in [6, 6.07) is 66.9. The molecule has 0 bridgehead atoms. The summed E-state index contributed by atoms with van der Waals surface area (Å²) in [5.74, 6) is 1.76. The molecule has 0 fully saturated rings. The van der Waals surface area contributed by atoms with Gasteiger partial charge in [0.05, 0.1) is 16.5 Å². The van der Waals surface area contributed by atoms with E-state index in [4.69, 9.17) is 9.15 Å². The average molecular weight is 666 g/mol. The predicted molar refractivity (Wildman–Crippen MR) is 211 cm³/mol. The maximum absolute atomic E-state index is 6.87. The molecule has 1 spiro atoms. The van der Waals surface area contributed by atoms with Crippen LogP contribution in [0.3, 0.4) is 0 Å². The molecule has 0 amide bonds. The molecule has 1 aromatic heterocycles. The van der Waals surface area contributed by atoms with Crippen LogP contribution >= 0.6 is 0 Å². The van der Waals surface area contributed by atoms with Gasteiger partial charge in [0.15, 0.2) is 0 Å². The second kappa shape index (κ2) is 11.1. The standard InChI is InChI=1S/C49H31NO2/c1-3-14-32(15-4-1)33-26-28-35(29-27-33)50(34-16-5-2-6-17-34)43-22-13-25-46-48(43)38-30-37-36-18-7-8-19-39(36)49(42(37)31-47(38)52-46)40-20-9-11-23-44(40)51-45-24-12-10-21-41(45)49/h1-31H. The minimum Gasteiger partial charge on any atom is -0.457 e. The van der Waals surface area contributed by atoms with Crippen LogP contribution in [-0.2, 0) is 5.41 Å². The zero-order chi connectivity index (χ0) is 34.2. The molecule has 1 aliphatic heterocycles. The molecule has 1 aliphatic carbocycles. The summed E-state index contributed by atoms with van der Waals surface area (Å²) in [7, 11) is 0. The second-order valence-electron chi connectivity index (χ2n) is 13.6. The van der Waals surface area contributed by atoms with E-state index in [1.54, 1.807) is 0 Å². The highest BCUT2D eigenvalue weighted by atomic mass is 16.5. The topological polar surface area (TPSA) is 25.6 Å². The number of hydrogen-bond acceptors (Lipinski definition) is 3. The highest BCUT2D eigenvalue weighted by Crippen LogP contribution is 2.63. The lowest BCUT2D eigenvalue weighted by Gasteiger charge is -2.39. The first-order valence-electron chi connectivity index (χ1n) is 17.8. The Bertz CT molecular complexity index is 2770. The van der Waals surface area contributed by atoms with E-state index in [0.29, 0.717) is 0 Å². The summed E-state index contributed by atoms with van der Waals surface area (Å²) in [5, 5.41) is 2.18. The van der Waals surface area contributed by atoms with Gasteiger partial charge in [-0.05, 0) is 94.0 Å². The van der Waals surface area contributed by atoms with Crippen LogP contribution in [0.5, 0.6) is 11.5 Å². The molecule has 244 valence electrons. The minimum absolute atomic E-state index is 0.552. The van der Waals surface area contributed by atoms with Gasteiger partial charge in [-0.15, -0.1) is 0 Å². The van der Waals surface area contributed by atoms with Gasteiger partial charge in [-0.2, -0.15) is 0 Å². The van der Waals surface area contributed by atoms with Crippen molar-refractivity contribution in [3.63, 3.8) is 0 Å². The zero-order valence-electron chi connectivity index (χ0n) is 28.2. The Balaban J connectivity index is 1.17. The number of para-hydroxylation sites is 3. The third-order valence-electron chi connectivity index (χ3n) is 10.9. The molecule has 0 saturated carbocycles. The van der Waals surface area contributed by atoms with Gasteiger partial charge < -0.3 is 14.1 Å². The fraction of sp³-hybridized carbons (Fsp3) is 0.0204. The van der Waals surface area contributed by atoms with Crippen molar-refractivity contribution in [3.8, 4) is 33.8 Å². The summed E-state index contributed by atoms with van der Waals surface area (Å²) >= 11 is 0. The quantitative estimate of drug-likeness (QED) is 0.187. The van der Waals surface area contributed by atoms with Crippen LogP contribution < -0.4 is 9.64 Å². The Morgan fingerprint density at radius 3 is 1.73 bits per heavy atom. The molecular weight excluding hydrogens is 635 g/mol. The van der Waals surface area contributed by atoms with Crippen molar-refractivity contribution >= 4 is 39.0 Å². The van der Waals surface area contributed by atoms with Crippen LogP contribution in [-0.4, -0.2) is 0 Å². The monoisotopic (exact) mass is 665 g/mol. The summed E-state index contributed by atoms with van der Waals surface area (Å²) in [6.07, 6.45) is 0. The van der Waals surface area contributed by atoms with Gasteiger partial charge in [-0.25, -0.2) is 0 Å². The van der Waals surface area contributed by atoms with E-state index in [9.17, 15) is 0 Å². The van der Waals surface area contributed by atoms with Crippen molar-refractivity contribution < 1.29 is 9.15 Å². The molecule has 0 atom stereocenters. The van der Waals surface area contributed by atoms with Crippen LogP contribution in [0.15, 0.2) is 192 Å². The maximum Gasteiger partial charge on any atom is 0.137 e. The van der Waals surface area contributed by atoms with Crippen LogP contribution in [0.2, 0.25) is 0 Å². The number of furan rings is 1. The fourth-order valence-electron chi connectivity index (χ4n) is 8.78. The zero-order valence-corrected chi connectivity index (χ0v) is 28.2. The third kappa shape index (κ3) is 4.02. The Kier molecular flexibility index (Phi) is 6.17. The predicted octanol–water partition coefficient (Wildman–Crippen LogP) is 13.2. The lowest BCUT2D eigenvalue weighted by atomic mass is 9.66. The molecule has 3 heteroatoms. The van der Waals surface area contributed by atoms with Gasteiger partial charge in [-0.3, -0.25) is 0 Å². The van der Waals surface area contributed by atoms with Crippen LogP contribution in [0.25, 0.3) is 44.2 Å². The number of benzene rings is 8. The molecule has 8 aromatic carbocycles. The molecule has 3 nitrogen and oxygen atoms in total. The smallest absolute Gasteiger partial charge is 0.137 e. The molecule has 9 aromatic rings. The van der Waals surface area contributed by atoms with Crippen molar-refractivity contribution in [1.82, 2.24) is 0 Å². The SMILES string of the molecule is c1ccc(-c2ccc(N(c3ccccc3)c3cccc4oc5cc6c(cc5c34)-c3ccccc3C63c4ccccc4Oc4ccccc43)cc2)cc1. The number of fused-ring (bicyclic) bond motifs is 12. The Hall–Kier alpha value is -6.84. The number of anilines is 3. The first-order valence-corrected chi connectivity index (χ1v) is 17.8. The normalized spacial score (nSPS) is 13.3. The summed E-state index contributed by atoms with van der Waals surface area (Å²) in [5.41, 5.74) is 14.0. The molecule has 11 rings (SSSR count). The molecule has 0 radical (unpaired) electrons. The van der Waals surface area contributed by atoms with Crippen LogP contribution in [0, 0.1) is 0 Å². The van der Waals surface area contributed by atoms with Gasteiger partial charge in [0.25, 0.3) is 0 Å². The van der Waals surface area contributed by atoms with Crippen molar-refractivity contribution in [3.05, 3.63) is 210 Å². The first kappa shape index (κ1) is 28.9. The van der Waals surface area contributed by atoms with E-state index in [0.717, 1.165) is 61.6 Å². The average Bonchev–Trinajstić information content (AvgIpc) is 3.72. The fourth-order valence-corrected chi connectivity index (χ4v) is 8.78. The van der Waals surface area contributed by atoms with Gasteiger partial charge >= 0.3 is 0 Å². The van der Waals surface area contributed by atoms with Crippen molar-refractivity contribution in [2.75, 3.05) is 4.90 Å². The van der Waals surface area contributed by atoms with Crippen LogP contribution in [0.4, 0.5) is 17.1 Å². The molecule has 2 heterocycles. The molecule has 0 unspecified atom stereocenters. The van der Waals surface area contributed by atoms with Gasteiger partial charge in [0.2, 0.25) is 0 Å². The largest absolute Gasteiger partial charge is 0.457 e. The molecule has 0 saturated heterocycles. The minimum atomic E-state index is -0.552. The third-order valence-corrected chi connectivity index (χ3v) is 10.9. The molecular formula is C49H31NO2. The van der Waals surface area contributed by atoms with E-state index in [2.05, 4.69) is 193 Å². The second-order valence-corrected chi connectivity index (χ2v) is 13.6. The highest BCUT2D eigenvalue weighted by Gasteiger charge is 2.51. The van der Waals surface area contributed by atoms with Gasteiger partial charge in [0, 0.05) is 27.9 Å². The summed E-state index contributed by atoms with van der Waals surface area (Å²) < 4.78 is 13.4. The van der Waals surface area contributed by atoms with Crippen molar-refractivity contribution in [1.29, 1.82) is 0 Å². The Morgan fingerprint density at radius 1 is 0.404 bits per heavy atom. The Labute approximate surface area is 301 Å². The van der Waals surface area contributed by atoms with E-state index in [-0.39, 0.29) is 0 Å². The van der Waals surface area contributed by atoms with Crippen LogP contribution in [0.1, 0.15) is 22.3 Å². The summed E-state index contributed by atoms with van der Waals surface area (Å²) in [6.45, 7) is 0. The number of hydrogen-bond donors (Lipinski definition) is 0. The molecule has 2 aliphatic rings. The Morgan fingerprint density at radius 2 is 1.00 bits per heavy atom. The first-order chi connectivity index (χ1) is 25.8. The van der Waals surface area contributed by atoms with Crippen molar-refractivity contribution in [2.45, 2.75) is 5.41 Å². The molecule has 52 heavy (non-hydrogen) atoms. The summed E-state index contributed by atoms with van der Waals surface area (Å²) in [4.78, 5) is 2.35. The lowest BCUT2D eigenvalue weighted by molar-refractivity contribution is 0.436. The van der Waals surface area contributed by atoms with E-state index in [1.807, 2.05) is 0 Å². The van der Waals surface area contributed by atoms with Gasteiger partial charge in [-0.1, -0.05) is 127 Å². The van der Waals surface area contributed by atoms with E-state index in [1.165, 1.54) is 33.4 Å². The number of rotatable bonds is 4. The van der Waals surface area contributed by atoms with E-state index >= 15 is 0 Å². The molecule has 0 N–H and O–H groups in total. The highest BCUT2D eigenvalue weighted by molar-refractivity contribution is 6.15. The van der Waals surface area contributed by atoms with Gasteiger partial charge in [0.1, 0.15) is 22.7 Å². The lowest BCUT2D eigenvalue weighted by Crippen LogP contribution is -2.32. The van der Waals surface area contributed by atoms with Crippen molar-refractivity contribution in [2.24, 2.45) is 0 Å².